The Kier molecular flexibility index (Phi) is 1.17. The van der Waals surface area contributed by atoms with Gasteiger partial charge in [0.2, 0.25) is 0 Å². The van der Waals surface area contributed by atoms with E-state index in [0.717, 1.165) is 5.92 Å². The van der Waals surface area contributed by atoms with E-state index in [-0.39, 0.29) is 0 Å². The van der Waals surface area contributed by atoms with Gasteiger partial charge in [0.25, 0.3) is 0 Å². The van der Waals surface area contributed by atoms with E-state index in [4.69, 9.17) is 6.42 Å². The second-order valence-corrected chi connectivity index (χ2v) is 1.86. The average Bonchev–Trinajstić information content (AvgIpc) is 2.42. The van der Waals surface area contributed by atoms with Gasteiger partial charge in [-0.3, -0.25) is 0 Å². The summed E-state index contributed by atoms with van der Waals surface area (Å²) in [5, 5.41) is 0. The molecular weight excluding hydrogens is 84.1 g/mol. The molecule has 1 saturated carbocycles. The molecule has 1 aliphatic carbocycles. The van der Waals surface area contributed by atoms with E-state index in [0.29, 0.717) is 0 Å². The van der Waals surface area contributed by atoms with Crippen LogP contribution in [0, 0.1) is 18.3 Å². The molecule has 1 rings (SSSR count). The van der Waals surface area contributed by atoms with Crippen LogP contribution in [-0.4, -0.2) is 0 Å². The molecule has 0 aliphatic heterocycles. The third kappa shape index (κ3) is 1.45. The molecule has 0 amide bonds. The first-order chi connectivity index (χ1) is 3.43. The fourth-order valence-corrected chi connectivity index (χ4v) is 0.480. The number of terminal acetylenes is 1. The van der Waals surface area contributed by atoms with Crippen molar-refractivity contribution in [3.05, 3.63) is 12.2 Å². The highest BCUT2D eigenvalue weighted by Gasteiger charge is 2.16. The lowest BCUT2D eigenvalue weighted by Gasteiger charge is -1.69. The topological polar surface area (TPSA) is 0 Å². The molecular formula is C7H8. The summed E-state index contributed by atoms with van der Waals surface area (Å²) < 4.78 is 0. The minimum absolute atomic E-state index is 0.830. The minimum Gasteiger partial charge on any atom is -0.115 e. The second-order valence-electron chi connectivity index (χ2n) is 1.86. The Labute approximate surface area is 44.2 Å². The second kappa shape index (κ2) is 1.84. The Morgan fingerprint density at radius 3 is 2.71 bits per heavy atom. The molecule has 0 heteroatoms. The highest BCUT2D eigenvalue weighted by Crippen LogP contribution is 2.29. The van der Waals surface area contributed by atoms with Gasteiger partial charge in [0.05, 0.1) is 0 Å². The lowest BCUT2D eigenvalue weighted by Crippen LogP contribution is -1.56. The van der Waals surface area contributed by atoms with E-state index in [1.807, 2.05) is 0 Å². The molecule has 1 fully saturated rings. The van der Waals surface area contributed by atoms with Crippen LogP contribution in [0.5, 0.6) is 0 Å². The van der Waals surface area contributed by atoms with Crippen molar-refractivity contribution in [2.45, 2.75) is 12.8 Å². The fraction of sp³-hybridized carbons (Fsp3) is 0.429. The van der Waals surface area contributed by atoms with Crippen molar-refractivity contribution < 1.29 is 0 Å². The molecule has 0 aromatic rings. The maximum absolute atomic E-state index is 4.97. The normalized spacial score (nSPS) is 19.9. The van der Waals surface area contributed by atoms with Crippen LogP contribution in [0.2, 0.25) is 0 Å². The van der Waals surface area contributed by atoms with Crippen LogP contribution in [0.25, 0.3) is 0 Å². The Morgan fingerprint density at radius 2 is 2.29 bits per heavy atom. The van der Waals surface area contributed by atoms with Gasteiger partial charge in [-0.15, -0.1) is 6.42 Å². The summed E-state index contributed by atoms with van der Waals surface area (Å²) in [6.07, 6.45) is 11.5. The molecule has 0 atom stereocenters. The molecule has 0 bridgehead atoms. The first-order valence-electron chi connectivity index (χ1n) is 2.56. The summed E-state index contributed by atoms with van der Waals surface area (Å²) >= 11 is 0. The van der Waals surface area contributed by atoms with E-state index in [2.05, 4.69) is 12.0 Å². The number of allylic oxidation sites excluding steroid dienone is 2. The highest BCUT2D eigenvalue weighted by molar-refractivity contribution is 5.12. The van der Waals surface area contributed by atoms with E-state index in [9.17, 15) is 0 Å². The molecule has 0 heterocycles. The molecule has 0 nitrogen and oxygen atoms in total. The zero-order valence-electron chi connectivity index (χ0n) is 4.22. The van der Waals surface area contributed by atoms with E-state index in [1.54, 1.807) is 6.08 Å². The zero-order chi connectivity index (χ0) is 5.11. The maximum atomic E-state index is 4.97. The van der Waals surface area contributed by atoms with Gasteiger partial charge in [-0.2, -0.15) is 0 Å². The molecule has 0 spiro atoms. The van der Waals surface area contributed by atoms with Gasteiger partial charge in [0.1, 0.15) is 0 Å². The monoisotopic (exact) mass is 92.1 g/mol. The van der Waals surface area contributed by atoms with Crippen LogP contribution >= 0.6 is 0 Å². The summed E-state index contributed by atoms with van der Waals surface area (Å²) in [7, 11) is 0. The predicted molar refractivity (Wildman–Crippen MR) is 30.7 cm³/mol. The molecule has 0 aromatic carbocycles. The SMILES string of the molecule is C#C/C=C/C1CC1. The van der Waals surface area contributed by atoms with E-state index < -0.39 is 0 Å². The first kappa shape index (κ1) is 4.46. The smallest absolute Gasteiger partial charge is 0.0159 e. The van der Waals surface area contributed by atoms with Crippen LogP contribution < -0.4 is 0 Å². The van der Waals surface area contributed by atoms with E-state index >= 15 is 0 Å². The zero-order valence-corrected chi connectivity index (χ0v) is 4.22. The standard InChI is InChI=1S/C7H8/c1-2-3-4-7-5-6-7/h1,3-4,7H,5-6H2/b4-3+. The van der Waals surface area contributed by atoms with Gasteiger partial charge in [-0.1, -0.05) is 12.0 Å². The molecule has 0 aromatic heterocycles. The van der Waals surface area contributed by atoms with Gasteiger partial charge in [0.15, 0.2) is 0 Å². The average molecular weight is 92.1 g/mol. The number of rotatable bonds is 1. The van der Waals surface area contributed by atoms with Gasteiger partial charge >= 0.3 is 0 Å². The lowest BCUT2D eigenvalue weighted by atomic mass is 10.4. The van der Waals surface area contributed by atoms with Crippen LogP contribution in [-0.2, 0) is 0 Å². The Morgan fingerprint density at radius 1 is 1.57 bits per heavy atom. The van der Waals surface area contributed by atoms with Gasteiger partial charge in [0, 0.05) is 0 Å². The van der Waals surface area contributed by atoms with Crippen LogP contribution in [0.4, 0.5) is 0 Å². The van der Waals surface area contributed by atoms with Crippen molar-refractivity contribution >= 4 is 0 Å². The summed E-state index contributed by atoms with van der Waals surface area (Å²) in [5.74, 6) is 3.29. The van der Waals surface area contributed by atoms with Crippen molar-refractivity contribution in [2.75, 3.05) is 0 Å². The van der Waals surface area contributed by atoms with Crippen LogP contribution in [0.1, 0.15) is 12.8 Å². The third-order valence-electron chi connectivity index (χ3n) is 1.09. The quantitative estimate of drug-likeness (QED) is 0.431. The Balaban J connectivity index is 2.21. The summed E-state index contributed by atoms with van der Waals surface area (Å²) in [6.45, 7) is 0. The van der Waals surface area contributed by atoms with Gasteiger partial charge < -0.3 is 0 Å². The lowest BCUT2D eigenvalue weighted by molar-refractivity contribution is 1.13. The van der Waals surface area contributed by atoms with Crippen LogP contribution in [0.15, 0.2) is 12.2 Å². The van der Waals surface area contributed by atoms with Gasteiger partial charge in [-0.05, 0) is 24.8 Å². The molecule has 1 aliphatic rings. The summed E-state index contributed by atoms with van der Waals surface area (Å²) in [4.78, 5) is 0. The molecule has 0 saturated heterocycles. The van der Waals surface area contributed by atoms with E-state index in [1.165, 1.54) is 12.8 Å². The maximum Gasteiger partial charge on any atom is -0.0159 e. The molecule has 0 unspecified atom stereocenters. The molecule has 0 N–H and O–H groups in total. The summed E-state index contributed by atoms with van der Waals surface area (Å²) in [6, 6.07) is 0. The Bertz CT molecular complexity index is 110. The van der Waals surface area contributed by atoms with Crippen molar-refractivity contribution in [3.63, 3.8) is 0 Å². The molecule has 0 radical (unpaired) electrons. The van der Waals surface area contributed by atoms with Crippen molar-refractivity contribution in [1.82, 2.24) is 0 Å². The van der Waals surface area contributed by atoms with Crippen LogP contribution in [0.3, 0.4) is 0 Å². The summed E-state index contributed by atoms with van der Waals surface area (Å²) in [5.41, 5.74) is 0. The minimum atomic E-state index is 0.830. The number of hydrogen-bond acceptors (Lipinski definition) is 0. The fourth-order valence-electron chi connectivity index (χ4n) is 0.480. The Hall–Kier alpha value is -0.700. The van der Waals surface area contributed by atoms with Crippen molar-refractivity contribution in [1.29, 1.82) is 0 Å². The largest absolute Gasteiger partial charge is 0.115 e. The van der Waals surface area contributed by atoms with Gasteiger partial charge in [-0.25, -0.2) is 0 Å². The number of hydrogen-bond donors (Lipinski definition) is 0. The third-order valence-corrected chi connectivity index (χ3v) is 1.09. The predicted octanol–water partition coefficient (Wildman–Crippen LogP) is 1.59. The molecule has 36 valence electrons. The first-order valence-corrected chi connectivity index (χ1v) is 2.56. The highest BCUT2D eigenvalue weighted by atomic mass is 14.2. The van der Waals surface area contributed by atoms with Crippen molar-refractivity contribution in [3.8, 4) is 12.3 Å². The van der Waals surface area contributed by atoms with Crippen molar-refractivity contribution in [2.24, 2.45) is 5.92 Å². The molecule has 7 heavy (non-hydrogen) atoms.